The van der Waals surface area contributed by atoms with E-state index in [1.807, 2.05) is 17.0 Å². The molecule has 1 saturated heterocycles. The van der Waals surface area contributed by atoms with Crippen LogP contribution in [0.25, 0.3) is 11.0 Å². The minimum atomic E-state index is 0.0672. The van der Waals surface area contributed by atoms with Gasteiger partial charge in [-0.05, 0) is 31.0 Å². The molecule has 2 aromatic heterocycles. The van der Waals surface area contributed by atoms with Crippen LogP contribution in [0, 0.1) is 0 Å². The third-order valence-electron chi connectivity index (χ3n) is 4.63. The van der Waals surface area contributed by atoms with E-state index in [1.165, 1.54) is 6.33 Å². The standard InChI is InChI=1S/C18H20ClN7O/c19-12-3-1-4-13(7-12)20-9-16(27)26-6-2-5-14(10-26)24-17-15-8-23-25-18(15)22-11-21-17/h1,3-4,7-8,11,14,20H,2,5-6,9-10H2,(H2,21,22,23,24,25). The molecule has 1 aliphatic heterocycles. The second-order valence-electron chi connectivity index (χ2n) is 6.54. The molecule has 3 N–H and O–H groups in total. The van der Waals surface area contributed by atoms with Crippen molar-refractivity contribution in [2.24, 2.45) is 0 Å². The summed E-state index contributed by atoms with van der Waals surface area (Å²) in [5.74, 6) is 0.808. The summed E-state index contributed by atoms with van der Waals surface area (Å²) in [6, 6.07) is 7.50. The number of anilines is 2. The Morgan fingerprint density at radius 2 is 2.30 bits per heavy atom. The van der Waals surface area contributed by atoms with E-state index in [9.17, 15) is 4.79 Å². The molecule has 0 radical (unpaired) electrons. The van der Waals surface area contributed by atoms with Crippen molar-refractivity contribution in [1.82, 2.24) is 25.1 Å². The van der Waals surface area contributed by atoms with E-state index < -0.39 is 0 Å². The van der Waals surface area contributed by atoms with Gasteiger partial charge in [0.25, 0.3) is 0 Å². The lowest BCUT2D eigenvalue weighted by Crippen LogP contribution is -2.47. The average molecular weight is 386 g/mol. The molecule has 0 bridgehead atoms. The van der Waals surface area contributed by atoms with Crippen LogP contribution in [0.3, 0.4) is 0 Å². The maximum Gasteiger partial charge on any atom is 0.241 e. The van der Waals surface area contributed by atoms with E-state index in [0.29, 0.717) is 17.2 Å². The lowest BCUT2D eigenvalue weighted by molar-refractivity contribution is -0.130. The van der Waals surface area contributed by atoms with Crippen LogP contribution >= 0.6 is 11.6 Å². The number of amides is 1. The first-order valence-electron chi connectivity index (χ1n) is 8.87. The molecule has 27 heavy (non-hydrogen) atoms. The summed E-state index contributed by atoms with van der Waals surface area (Å²) in [6.07, 6.45) is 5.14. The van der Waals surface area contributed by atoms with Crippen LogP contribution in [0.5, 0.6) is 0 Å². The first kappa shape index (κ1) is 17.5. The SMILES string of the molecule is O=C(CNc1cccc(Cl)c1)N1CCCC(Nc2ncnc3[nH]ncc23)C1. The van der Waals surface area contributed by atoms with Crippen LogP contribution < -0.4 is 10.6 Å². The van der Waals surface area contributed by atoms with E-state index in [2.05, 4.69) is 30.8 Å². The van der Waals surface area contributed by atoms with Crippen molar-refractivity contribution in [3.8, 4) is 0 Å². The smallest absolute Gasteiger partial charge is 0.241 e. The Labute approximate surface area is 161 Å². The van der Waals surface area contributed by atoms with Crippen molar-refractivity contribution < 1.29 is 4.79 Å². The first-order valence-corrected chi connectivity index (χ1v) is 9.24. The largest absolute Gasteiger partial charge is 0.376 e. The quantitative estimate of drug-likeness (QED) is 0.624. The predicted molar refractivity (Wildman–Crippen MR) is 105 cm³/mol. The number of nitrogens with zero attached hydrogens (tertiary/aromatic N) is 4. The second kappa shape index (κ2) is 7.79. The van der Waals surface area contributed by atoms with Crippen LogP contribution in [-0.4, -0.2) is 56.6 Å². The monoisotopic (exact) mass is 385 g/mol. The molecular formula is C18H20ClN7O. The highest BCUT2D eigenvalue weighted by Crippen LogP contribution is 2.21. The van der Waals surface area contributed by atoms with Crippen LogP contribution in [0.4, 0.5) is 11.5 Å². The number of rotatable bonds is 5. The Morgan fingerprint density at radius 3 is 3.19 bits per heavy atom. The van der Waals surface area contributed by atoms with Gasteiger partial charge < -0.3 is 15.5 Å². The van der Waals surface area contributed by atoms with Gasteiger partial charge >= 0.3 is 0 Å². The maximum absolute atomic E-state index is 12.6. The van der Waals surface area contributed by atoms with Gasteiger partial charge in [-0.25, -0.2) is 9.97 Å². The number of fused-ring (bicyclic) bond motifs is 1. The zero-order valence-electron chi connectivity index (χ0n) is 14.7. The van der Waals surface area contributed by atoms with Crippen LogP contribution in [-0.2, 0) is 4.79 Å². The highest BCUT2D eigenvalue weighted by Gasteiger charge is 2.24. The second-order valence-corrected chi connectivity index (χ2v) is 6.98. The number of benzene rings is 1. The van der Waals surface area contributed by atoms with E-state index in [0.717, 1.165) is 36.3 Å². The van der Waals surface area contributed by atoms with Gasteiger partial charge in [-0.15, -0.1) is 0 Å². The lowest BCUT2D eigenvalue weighted by Gasteiger charge is -2.33. The number of halogens is 1. The number of nitrogens with one attached hydrogen (secondary N) is 3. The van der Waals surface area contributed by atoms with Gasteiger partial charge in [0, 0.05) is 29.8 Å². The third kappa shape index (κ3) is 4.11. The molecule has 1 aliphatic rings. The molecule has 0 saturated carbocycles. The number of aromatic amines is 1. The first-order chi connectivity index (χ1) is 13.2. The van der Waals surface area contributed by atoms with E-state index >= 15 is 0 Å². The summed E-state index contributed by atoms with van der Waals surface area (Å²) in [5, 5.41) is 14.9. The van der Waals surface area contributed by atoms with Gasteiger partial charge in [0.2, 0.25) is 5.91 Å². The molecule has 0 spiro atoms. The van der Waals surface area contributed by atoms with Gasteiger partial charge in [0.1, 0.15) is 12.1 Å². The molecule has 4 rings (SSSR count). The van der Waals surface area contributed by atoms with Gasteiger partial charge in [0.15, 0.2) is 5.65 Å². The van der Waals surface area contributed by atoms with E-state index in [1.54, 1.807) is 18.3 Å². The summed E-state index contributed by atoms with van der Waals surface area (Å²) < 4.78 is 0. The molecule has 1 aromatic carbocycles. The maximum atomic E-state index is 12.6. The van der Waals surface area contributed by atoms with Crippen molar-refractivity contribution in [1.29, 1.82) is 0 Å². The normalized spacial score (nSPS) is 17.1. The molecule has 1 unspecified atom stereocenters. The number of aromatic nitrogens is 4. The fourth-order valence-corrected chi connectivity index (χ4v) is 3.47. The predicted octanol–water partition coefficient (Wildman–Crippen LogP) is 2.52. The third-order valence-corrected chi connectivity index (χ3v) is 4.87. The minimum absolute atomic E-state index is 0.0672. The van der Waals surface area contributed by atoms with Gasteiger partial charge in [-0.3, -0.25) is 9.89 Å². The number of carbonyl (C=O) groups excluding carboxylic acids is 1. The summed E-state index contributed by atoms with van der Waals surface area (Å²) in [6.45, 7) is 1.64. The number of hydrogen-bond acceptors (Lipinski definition) is 6. The molecule has 0 aliphatic carbocycles. The molecule has 140 valence electrons. The molecule has 1 atom stereocenters. The number of hydrogen-bond donors (Lipinski definition) is 3. The number of likely N-dealkylation sites (tertiary alicyclic amines) is 1. The topological polar surface area (TPSA) is 98.8 Å². The summed E-state index contributed by atoms with van der Waals surface area (Å²) in [7, 11) is 0. The summed E-state index contributed by atoms with van der Waals surface area (Å²) >= 11 is 5.98. The number of piperidine rings is 1. The molecule has 9 heteroatoms. The van der Waals surface area contributed by atoms with Gasteiger partial charge in [-0.1, -0.05) is 17.7 Å². The summed E-state index contributed by atoms with van der Waals surface area (Å²) in [4.78, 5) is 22.9. The molecule has 1 fully saturated rings. The van der Waals surface area contributed by atoms with Crippen LogP contribution in [0.2, 0.25) is 5.02 Å². The Morgan fingerprint density at radius 1 is 1.37 bits per heavy atom. The highest BCUT2D eigenvalue weighted by molar-refractivity contribution is 6.30. The molecular weight excluding hydrogens is 366 g/mol. The van der Waals surface area contributed by atoms with E-state index in [-0.39, 0.29) is 18.5 Å². The Balaban J connectivity index is 1.36. The van der Waals surface area contributed by atoms with Crippen LogP contribution in [0.15, 0.2) is 36.8 Å². The number of H-pyrrole nitrogens is 1. The van der Waals surface area contributed by atoms with E-state index in [4.69, 9.17) is 11.6 Å². The van der Waals surface area contributed by atoms with Crippen molar-refractivity contribution >= 4 is 40.0 Å². The highest BCUT2D eigenvalue weighted by atomic mass is 35.5. The van der Waals surface area contributed by atoms with Gasteiger partial charge in [0.05, 0.1) is 18.1 Å². The Hall–Kier alpha value is -2.87. The zero-order valence-corrected chi connectivity index (χ0v) is 15.4. The van der Waals surface area contributed by atoms with Crippen molar-refractivity contribution in [2.45, 2.75) is 18.9 Å². The molecule has 8 nitrogen and oxygen atoms in total. The molecule has 1 amide bonds. The zero-order chi connectivity index (χ0) is 18.6. The molecule has 3 heterocycles. The fraction of sp³-hybridized carbons (Fsp3) is 0.333. The number of carbonyl (C=O) groups is 1. The molecule has 3 aromatic rings. The van der Waals surface area contributed by atoms with Gasteiger partial charge in [-0.2, -0.15) is 5.10 Å². The summed E-state index contributed by atoms with van der Waals surface area (Å²) in [5.41, 5.74) is 1.54. The minimum Gasteiger partial charge on any atom is -0.376 e. The van der Waals surface area contributed by atoms with Crippen molar-refractivity contribution in [3.05, 3.63) is 41.8 Å². The average Bonchev–Trinajstić information content (AvgIpc) is 3.16. The lowest BCUT2D eigenvalue weighted by atomic mass is 10.1. The Kier molecular flexibility index (Phi) is 5.06. The van der Waals surface area contributed by atoms with Crippen molar-refractivity contribution in [2.75, 3.05) is 30.3 Å². The fourth-order valence-electron chi connectivity index (χ4n) is 3.28. The van der Waals surface area contributed by atoms with Crippen molar-refractivity contribution in [3.63, 3.8) is 0 Å². The Bertz CT molecular complexity index is 944. The van der Waals surface area contributed by atoms with Crippen LogP contribution in [0.1, 0.15) is 12.8 Å².